The van der Waals surface area contributed by atoms with Gasteiger partial charge < -0.3 is 9.84 Å². The van der Waals surface area contributed by atoms with Crippen LogP contribution in [0.25, 0.3) is 10.4 Å². The van der Waals surface area contributed by atoms with Crippen LogP contribution in [0.2, 0.25) is 0 Å². The number of allylic oxidation sites excluding steroid dienone is 2. The Kier molecular flexibility index (Phi) is 8.59. The van der Waals surface area contributed by atoms with E-state index < -0.39 is 10.0 Å². The van der Waals surface area contributed by atoms with Crippen LogP contribution >= 0.6 is 11.3 Å². The number of rotatable bonds is 9. The number of β-amino-alcohol motifs (C(OH)–C–C–N with tert-alkyl or cyclic N) is 1. The zero-order valence-electron chi connectivity index (χ0n) is 23.3. The van der Waals surface area contributed by atoms with Gasteiger partial charge in [-0.2, -0.15) is 0 Å². The molecule has 0 saturated carbocycles. The average Bonchev–Trinajstić information content (AvgIpc) is 3.63. The van der Waals surface area contributed by atoms with E-state index in [-0.39, 0.29) is 35.8 Å². The van der Waals surface area contributed by atoms with Gasteiger partial charge in [0, 0.05) is 51.3 Å². The highest BCUT2D eigenvalue weighted by atomic mass is 32.2. The summed E-state index contributed by atoms with van der Waals surface area (Å²) in [5, 5.41) is 10.8. The van der Waals surface area contributed by atoms with Crippen LogP contribution in [-0.2, 0) is 21.2 Å². The predicted molar refractivity (Wildman–Crippen MR) is 157 cm³/mol. The quantitative estimate of drug-likeness (QED) is 0.465. The standard InChI is InChI=1S/C29H40N4O4S2/c1-18(2)37-27-14-19(3)24(15-26(27)30-4)29-31-16-28(38-29)23-7-5-6-22-21(23)8-9-25(22)32-39(35,36)13-12-33-11-10-20(34)17-33/h5-7,14,16,18-20,24-25,32,34H,8-13,15,17H2,1-4H3. The molecule has 4 unspecified atom stereocenters. The molecular formula is C29H40N4O4S2. The minimum Gasteiger partial charge on any atom is -0.489 e. The normalized spacial score (nSPS) is 26.8. The first-order valence-electron chi connectivity index (χ1n) is 14.0. The lowest BCUT2D eigenvalue weighted by Crippen LogP contribution is -2.35. The summed E-state index contributed by atoms with van der Waals surface area (Å²) in [6.07, 6.45) is 7.00. The molecule has 4 atom stereocenters. The minimum atomic E-state index is -3.44. The maximum absolute atomic E-state index is 12.9. The van der Waals surface area contributed by atoms with E-state index in [1.807, 2.05) is 44.1 Å². The minimum absolute atomic E-state index is 0.0461. The molecule has 39 heavy (non-hydrogen) atoms. The highest BCUT2D eigenvalue weighted by Crippen LogP contribution is 2.43. The molecule has 0 spiro atoms. The van der Waals surface area contributed by atoms with Crippen molar-refractivity contribution in [1.82, 2.24) is 14.6 Å². The number of aromatic nitrogens is 1. The number of aliphatic imine (C=N–C) groups is 1. The molecule has 212 valence electrons. The van der Waals surface area contributed by atoms with Crippen molar-refractivity contribution in [3.05, 3.63) is 52.4 Å². The Labute approximate surface area is 236 Å². The first-order valence-corrected chi connectivity index (χ1v) is 16.4. The van der Waals surface area contributed by atoms with Crippen LogP contribution in [0.15, 0.2) is 41.2 Å². The van der Waals surface area contributed by atoms with Crippen LogP contribution in [0.1, 0.15) is 68.1 Å². The van der Waals surface area contributed by atoms with Crippen LogP contribution < -0.4 is 4.72 Å². The summed E-state index contributed by atoms with van der Waals surface area (Å²) >= 11 is 1.73. The number of thiazole rings is 1. The third-order valence-electron chi connectivity index (χ3n) is 8.00. The SMILES string of the molecule is CN=C1CC(c2ncc(-c3cccc4c3CCC4NS(=O)(=O)CCN3CCC(O)C3)s2)C(C)C=C1OC(C)C. The van der Waals surface area contributed by atoms with E-state index in [2.05, 4.69) is 28.8 Å². The van der Waals surface area contributed by atoms with Gasteiger partial charge in [-0.25, -0.2) is 18.1 Å². The highest BCUT2D eigenvalue weighted by molar-refractivity contribution is 7.89. The number of hydrogen-bond acceptors (Lipinski definition) is 8. The van der Waals surface area contributed by atoms with Crippen molar-refractivity contribution in [2.45, 2.75) is 70.6 Å². The van der Waals surface area contributed by atoms with Gasteiger partial charge in [-0.05, 0) is 61.8 Å². The zero-order chi connectivity index (χ0) is 27.7. The fourth-order valence-electron chi connectivity index (χ4n) is 5.95. The molecule has 8 nitrogen and oxygen atoms in total. The number of fused-ring (bicyclic) bond motifs is 1. The number of hydrogen-bond donors (Lipinski definition) is 2. The molecule has 5 rings (SSSR count). The fourth-order valence-corrected chi connectivity index (χ4v) is 8.43. The van der Waals surface area contributed by atoms with Crippen LogP contribution in [-0.4, -0.2) is 73.8 Å². The first-order chi connectivity index (χ1) is 18.6. The van der Waals surface area contributed by atoms with E-state index in [0.717, 1.165) is 58.3 Å². The molecule has 0 radical (unpaired) electrons. The van der Waals surface area contributed by atoms with Crippen molar-refractivity contribution in [3.8, 4) is 10.4 Å². The Morgan fingerprint density at radius 2 is 2.13 bits per heavy atom. The average molecular weight is 573 g/mol. The number of aliphatic hydroxyl groups is 1. The van der Waals surface area contributed by atoms with Gasteiger partial charge in [0.1, 0.15) is 5.76 Å². The van der Waals surface area contributed by atoms with E-state index in [9.17, 15) is 13.5 Å². The van der Waals surface area contributed by atoms with Crippen LogP contribution in [0.5, 0.6) is 0 Å². The summed E-state index contributed by atoms with van der Waals surface area (Å²) in [6, 6.07) is 5.98. The van der Waals surface area contributed by atoms with Crippen LogP contribution in [0.3, 0.4) is 0 Å². The Balaban J connectivity index is 1.30. The number of likely N-dealkylation sites (tertiary alicyclic amines) is 1. The topological polar surface area (TPSA) is 104 Å². The second-order valence-corrected chi connectivity index (χ2v) is 14.2. The third kappa shape index (κ3) is 6.46. The molecule has 2 aromatic rings. The van der Waals surface area contributed by atoms with E-state index in [4.69, 9.17) is 9.72 Å². The molecule has 2 N–H and O–H groups in total. The molecule has 3 aliphatic rings. The molecule has 2 heterocycles. The molecule has 0 bridgehead atoms. The molecule has 1 fully saturated rings. The maximum atomic E-state index is 12.9. The molecule has 10 heteroatoms. The summed E-state index contributed by atoms with van der Waals surface area (Å²) in [5.41, 5.74) is 4.41. The molecule has 2 aliphatic carbocycles. The Hall–Kier alpha value is -2.11. The van der Waals surface area contributed by atoms with Gasteiger partial charge in [0.25, 0.3) is 0 Å². The monoisotopic (exact) mass is 572 g/mol. The second-order valence-electron chi connectivity index (χ2n) is 11.2. The number of benzene rings is 1. The summed E-state index contributed by atoms with van der Waals surface area (Å²) < 4.78 is 34.8. The lowest BCUT2D eigenvalue weighted by atomic mass is 9.83. The molecule has 1 aromatic heterocycles. The van der Waals surface area contributed by atoms with Crippen molar-refractivity contribution in [2.24, 2.45) is 10.9 Å². The number of sulfonamides is 1. The van der Waals surface area contributed by atoms with Gasteiger partial charge in [-0.3, -0.25) is 9.89 Å². The fraction of sp³-hybridized carbons (Fsp3) is 0.586. The smallest absolute Gasteiger partial charge is 0.213 e. The van der Waals surface area contributed by atoms with E-state index >= 15 is 0 Å². The largest absolute Gasteiger partial charge is 0.489 e. The van der Waals surface area contributed by atoms with E-state index in [0.29, 0.717) is 19.5 Å². The van der Waals surface area contributed by atoms with Crippen molar-refractivity contribution in [1.29, 1.82) is 0 Å². The van der Waals surface area contributed by atoms with Crippen molar-refractivity contribution in [3.63, 3.8) is 0 Å². The van der Waals surface area contributed by atoms with Crippen molar-refractivity contribution in [2.75, 3.05) is 32.4 Å². The summed E-state index contributed by atoms with van der Waals surface area (Å²) in [4.78, 5) is 12.5. The van der Waals surface area contributed by atoms with Gasteiger partial charge in [-0.1, -0.05) is 25.1 Å². The summed E-state index contributed by atoms with van der Waals surface area (Å²) in [5.74, 6) is 1.47. The third-order valence-corrected chi connectivity index (χ3v) is 10.5. The van der Waals surface area contributed by atoms with Crippen LogP contribution in [0, 0.1) is 5.92 Å². The number of aliphatic hydroxyl groups excluding tert-OH is 1. The zero-order valence-corrected chi connectivity index (χ0v) is 24.9. The molecule has 1 aliphatic heterocycles. The maximum Gasteiger partial charge on any atom is 0.213 e. The van der Waals surface area contributed by atoms with Gasteiger partial charge in [-0.15, -0.1) is 11.3 Å². The second kappa shape index (κ2) is 11.8. The summed E-state index contributed by atoms with van der Waals surface area (Å²) in [7, 11) is -1.62. The lowest BCUT2D eigenvalue weighted by molar-refractivity contribution is 0.158. The Morgan fingerprint density at radius 1 is 1.31 bits per heavy atom. The lowest BCUT2D eigenvalue weighted by Gasteiger charge is -2.28. The Morgan fingerprint density at radius 3 is 2.85 bits per heavy atom. The Bertz CT molecular complexity index is 1350. The molecule has 1 saturated heterocycles. The van der Waals surface area contributed by atoms with Crippen LogP contribution in [0.4, 0.5) is 0 Å². The van der Waals surface area contributed by atoms with E-state index in [1.165, 1.54) is 5.56 Å². The van der Waals surface area contributed by atoms with Crippen molar-refractivity contribution >= 4 is 27.1 Å². The highest BCUT2D eigenvalue weighted by Gasteiger charge is 2.32. The van der Waals surface area contributed by atoms with E-state index in [1.54, 1.807) is 11.3 Å². The van der Waals surface area contributed by atoms with Gasteiger partial charge >= 0.3 is 0 Å². The van der Waals surface area contributed by atoms with Gasteiger partial charge in [0.05, 0.1) is 33.6 Å². The predicted octanol–water partition coefficient (Wildman–Crippen LogP) is 4.29. The molecule has 0 amide bonds. The summed E-state index contributed by atoms with van der Waals surface area (Å²) in [6.45, 7) is 8.03. The van der Waals surface area contributed by atoms with Gasteiger partial charge in [0.2, 0.25) is 10.0 Å². The van der Waals surface area contributed by atoms with Gasteiger partial charge in [0.15, 0.2) is 0 Å². The number of nitrogens with one attached hydrogen (secondary N) is 1. The first kappa shape index (κ1) is 28.4. The molecule has 1 aromatic carbocycles. The molecular weight excluding hydrogens is 532 g/mol. The number of ether oxygens (including phenoxy) is 1. The van der Waals surface area contributed by atoms with Crippen molar-refractivity contribution < 1.29 is 18.3 Å². The number of nitrogens with zero attached hydrogens (tertiary/aromatic N) is 3.